The number of carbonyl (C=O) groups excluding carboxylic acids is 1. The van der Waals surface area contributed by atoms with Gasteiger partial charge in [-0.05, 0) is 36.3 Å². The standard InChI is InChI=1S/C16H17NO3/c1-12-9-14-5-3-13(10-15(14)17-11-12)4-6-16(18)20-8-7-19-2/h3-6,9-11H,7-8H2,1-2H3/b6-4+. The summed E-state index contributed by atoms with van der Waals surface area (Å²) in [5, 5.41) is 1.09. The van der Waals surface area contributed by atoms with Gasteiger partial charge in [0.25, 0.3) is 0 Å². The van der Waals surface area contributed by atoms with Gasteiger partial charge >= 0.3 is 5.97 Å². The summed E-state index contributed by atoms with van der Waals surface area (Å²) in [5.74, 6) is -0.376. The first-order valence-electron chi connectivity index (χ1n) is 6.39. The Morgan fingerprint density at radius 2 is 2.15 bits per heavy atom. The number of nitrogens with zero attached hydrogens (tertiary/aromatic N) is 1. The largest absolute Gasteiger partial charge is 0.460 e. The summed E-state index contributed by atoms with van der Waals surface area (Å²) in [6.45, 7) is 2.67. The van der Waals surface area contributed by atoms with Gasteiger partial charge in [-0.1, -0.05) is 12.1 Å². The molecule has 2 aromatic rings. The molecule has 0 aliphatic heterocycles. The molecule has 0 unspecified atom stereocenters. The average Bonchev–Trinajstić information content (AvgIpc) is 2.45. The summed E-state index contributed by atoms with van der Waals surface area (Å²) in [6, 6.07) is 7.95. The Balaban J connectivity index is 2.06. The second-order valence-corrected chi connectivity index (χ2v) is 4.46. The second kappa shape index (κ2) is 6.82. The van der Waals surface area contributed by atoms with Crippen LogP contribution in [0.15, 0.2) is 36.5 Å². The Hall–Kier alpha value is -2.20. The highest BCUT2D eigenvalue weighted by Crippen LogP contribution is 2.16. The number of methoxy groups -OCH3 is 1. The minimum Gasteiger partial charge on any atom is -0.460 e. The van der Waals surface area contributed by atoms with Gasteiger partial charge in [-0.2, -0.15) is 0 Å². The maximum absolute atomic E-state index is 11.4. The van der Waals surface area contributed by atoms with Crippen LogP contribution in [0.2, 0.25) is 0 Å². The summed E-state index contributed by atoms with van der Waals surface area (Å²) in [4.78, 5) is 15.8. The molecule has 0 atom stereocenters. The predicted molar refractivity (Wildman–Crippen MR) is 78.3 cm³/mol. The number of hydrogen-bond donors (Lipinski definition) is 0. The lowest BCUT2D eigenvalue weighted by molar-refractivity contribution is -0.138. The van der Waals surface area contributed by atoms with Crippen molar-refractivity contribution < 1.29 is 14.3 Å². The summed E-state index contributed by atoms with van der Waals surface area (Å²) in [7, 11) is 1.56. The molecule has 0 saturated heterocycles. The Kier molecular flexibility index (Phi) is 4.85. The van der Waals surface area contributed by atoms with Crippen LogP contribution in [0.4, 0.5) is 0 Å². The van der Waals surface area contributed by atoms with E-state index in [4.69, 9.17) is 9.47 Å². The third-order valence-electron chi connectivity index (χ3n) is 2.79. The van der Waals surface area contributed by atoms with Crippen molar-refractivity contribution in [2.24, 2.45) is 0 Å². The molecule has 20 heavy (non-hydrogen) atoms. The molecular formula is C16H17NO3. The second-order valence-electron chi connectivity index (χ2n) is 4.46. The van der Waals surface area contributed by atoms with Crippen LogP contribution in [-0.4, -0.2) is 31.3 Å². The first-order chi connectivity index (χ1) is 9.69. The highest BCUT2D eigenvalue weighted by atomic mass is 16.6. The Morgan fingerprint density at radius 1 is 1.30 bits per heavy atom. The number of carbonyl (C=O) groups is 1. The number of hydrogen-bond acceptors (Lipinski definition) is 4. The Morgan fingerprint density at radius 3 is 2.95 bits per heavy atom. The van der Waals surface area contributed by atoms with E-state index in [0.29, 0.717) is 6.61 Å². The topological polar surface area (TPSA) is 48.4 Å². The van der Waals surface area contributed by atoms with Gasteiger partial charge in [-0.3, -0.25) is 4.98 Å². The van der Waals surface area contributed by atoms with Crippen molar-refractivity contribution in [1.29, 1.82) is 0 Å². The molecule has 0 aliphatic carbocycles. The quantitative estimate of drug-likeness (QED) is 0.476. The summed E-state index contributed by atoms with van der Waals surface area (Å²) < 4.78 is 9.74. The van der Waals surface area contributed by atoms with Crippen molar-refractivity contribution in [3.8, 4) is 0 Å². The van der Waals surface area contributed by atoms with E-state index in [1.54, 1.807) is 13.2 Å². The first kappa shape index (κ1) is 14.2. The molecule has 0 saturated carbocycles. The van der Waals surface area contributed by atoms with Crippen molar-refractivity contribution in [1.82, 2.24) is 4.98 Å². The normalized spacial score (nSPS) is 11.1. The maximum Gasteiger partial charge on any atom is 0.330 e. The van der Waals surface area contributed by atoms with E-state index in [2.05, 4.69) is 11.1 Å². The van der Waals surface area contributed by atoms with Crippen LogP contribution in [0.5, 0.6) is 0 Å². The molecule has 2 rings (SSSR count). The number of rotatable bonds is 5. The molecule has 1 aromatic heterocycles. The van der Waals surface area contributed by atoms with Crippen LogP contribution in [-0.2, 0) is 14.3 Å². The number of aromatic nitrogens is 1. The SMILES string of the molecule is COCCOC(=O)/C=C/c1ccc2cc(C)cnc2c1. The fourth-order valence-electron chi connectivity index (χ4n) is 1.79. The maximum atomic E-state index is 11.4. The van der Waals surface area contributed by atoms with E-state index in [1.807, 2.05) is 31.3 Å². The summed E-state index contributed by atoms with van der Waals surface area (Å²) in [5.41, 5.74) is 2.95. The number of fused-ring (bicyclic) bond motifs is 1. The molecule has 0 spiro atoms. The van der Waals surface area contributed by atoms with Gasteiger partial charge in [0.15, 0.2) is 0 Å². The van der Waals surface area contributed by atoms with Gasteiger partial charge in [0.05, 0.1) is 12.1 Å². The van der Waals surface area contributed by atoms with Crippen LogP contribution in [0.1, 0.15) is 11.1 Å². The molecule has 0 radical (unpaired) electrons. The molecular weight excluding hydrogens is 254 g/mol. The van der Waals surface area contributed by atoms with Gasteiger partial charge in [0.2, 0.25) is 0 Å². The lowest BCUT2D eigenvalue weighted by Crippen LogP contribution is -2.06. The third-order valence-corrected chi connectivity index (χ3v) is 2.79. The molecule has 104 valence electrons. The van der Waals surface area contributed by atoms with E-state index in [-0.39, 0.29) is 12.6 Å². The first-order valence-corrected chi connectivity index (χ1v) is 6.39. The molecule has 4 nitrogen and oxygen atoms in total. The summed E-state index contributed by atoms with van der Waals surface area (Å²) >= 11 is 0. The molecule has 0 amide bonds. The minimum atomic E-state index is -0.376. The molecule has 0 aliphatic rings. The number of pyridine rings is 1. The van der Waals surface area contributed by atoms with Crippen molar-refractivity contribution in [2.75, 3.05) is 20.3 Å². The van der Waals surface area contributed by atoms with Crippen molar-refractivity contribution in [3.63, 3.8) is 0 Å². The van der Waals surface area contributed by atoms with Gasteiger partial charge < -0.3 is 9.47 Å². The smallest absolute Gasteiger partial charge is 0.330 e. The van der Waals surface area contributed by atoms with E-state index in [0.717, 1.165) is 22.0 Å². The fraction of sp³-hybridized carbons (Fsp3) is 0.250. The predicted octanol–water partition coefficient (Wildman–Crippen LogP) is 2.75. The van der Waals surface area contributed by atoms with Gasteiger partial charge in [-0.15, -0.1) is 0 Å². The highest BCUT2D eigenvalue weighted by molar-refractivity contribution is 5.88. The summed E-state index contributed by atoms with van der Waals surface area (Å²) in [6.07, 6.45) is 4.95. The molecule has 0 fully saturated rings. The molecule has 4 heteroatoms. The van der Waals surface area contributed by atoms with Gasteiger partial charge in [-0.25, -0.2) is 4.79 Å². The Labute approximate surface area is 118 Å². The zero-order valence-corrected chi connectivity index (χ0v) is 11.6. The minimum absolute atomic E-state index is 0.262. The number of aryl methyl sites for hydroxylation is 1. The average molecular weight is 271 g/mol. The number of benzene rings is 1. The third kappa shape index (κ3) is 3.90. The molecule has 0 bridgehead atoms. The van der Waals surface area contributed by atoms with E-state index in [9.17, 15) is 4.79 Å². The van der Waals surface area contributed by atoms with Crippen LogP contribution < -0.4 is 0 Å². The van der Waals surface area contributed by atoms with Crippen LogP contribution in [0.3, 0.4) is 0 Å². The van der Waals surface area contributed by atoms with Crippen molar-refractivity contribution in [3.05, 3.63) is 47.7 Å². The zero-order chi connectivity index (χ0) is 14.4. The molecule has 0 N–H and O–H groups in total. The monoisotopic (exact) mass is 271 g/mol. The van der Waals surface area contributed by atoms with E-state index >= 15 is 0 Å². The lowest BCUT2D eigenvalue weighted by Gasteiger charge is -2.01. The van der Waals surface area contributed by atoms with Gasteiger partial charge in [0.1, 0.15) is 6.61 Å². The molecule has 1 aromatic carbocycles. The van der Waals surface area contributed by atoms with E-state index < -0.39 is 0 Å². The van der Waals surface area contributed by atoms with Crippen molar-refractivity contribution in [2.45, 2.75) is 6.92 Å². The molecule has 1 heterocycles. The number of esters is 1. The highest BCUT2D eigenvalue weighted by Gasteiger charge is 1.99. The van der Waals surface area contributed by atoms with Crippen molar-refractivity contribution >= 4 is 22.9 Å². The van der Waals surface area contributed by atoms with E-state index in [1.165, 1.54) is 6.08 Å². The van der Waals surface area contributed by atoms with Crippen LogP contribution in [0.25, 0.3) is 17.0 Å². The lowest BCUT2D eigenvalue weighted by atomic mass is 10.1. The van der Waals surface area contributed by atoms with Crippen LogP contribution in [0, 0.1) is 6.92 Å². The zero-order valence-electron chi connectivity index (χ0n) is 11.6. The number of ether oxygens (including phenoxy) is 2. The van der Waals surface area contributed by atoms with Crippen LogP contribution >= 0.6 is 0 Å². The van der Waals surface area contributed by atoms with Gasteiger partial charge in [0, 0.05) is 24.8 Å². The Bertz CT molecular complexity index is 635. The fourth-order valence-corrected chi connectivity index (χ4v) is 1.79.